The Hall–Kier alpha value is -3.28. The third-order valence-electron chi connectivity index (χ3n) is 5.84. The Morgan fingerprint density at radius 2 is 2.09 bits per heavy atom. The number of aliphatic hydroxyl groups excluding tert-OH is 1. The van der Waals surface area contributed by atoms with Crippen LogP contribution in [0.5, 0.6) is 5.88 Å². The summed E-state index contributed by atoms with van der Waals surface area (Å²) in [5.41, 5.74) is 1.55. The van der Waals surface area contributed by atoms with Gasteiger partial charge >= 0.3 is 6.03 Å². The van der Waals surface area contributed by atoms with Crippen LogP contribution < -0.4 is 15.4 Å². The first-order valence-corrected chi connectivity index (χ1v) is 11.2. The lowest BCUT2D eigenvalue weighted by molar-refractivity contribution is 0.159. The molecule has 2 amide bonds. The van der Waals surface area contributed by atoms with E-state index in [4.69, 9.17) is 14.6 Å². The summed E-state index contributed by atoms with van der Waals surface area (Å²) in [5.74, 6) is -1.54. The minimum atomic E-state index is -0.932. The number of aliphatic hydroxyl groups is 1. The van der Waals surface area contributed by atoms with Gasteiger partial charge in [0.2, 0.25) is 5.88 Å². The fourth-order valence-electron chi connectivity index (χ4n) is 4.02. The number of hydrogen-bond acceptors (Lipinski definition) is 6. The van der Waals surface area contributed by atoms with Gasteiger partial charge in [-0.2, -0.15) is 0 Å². The van der Waals surface area contributed by atoms with Gasteiger partial charge in [-0.05, 0) is 30.7 Å². The van der Waals surface area contributed by atoms with Crippen molar-refractivity contribution >= 4 is 17.5 Å². The zero-order valence-electron chi connectivity index (χ0n) is 19.9. The Kier molecular flexibility index (Phi) is 8.96. The molecule has 1 aliphatic rings. The number of methoxy groups -OCH3 is 1. The fraction of sp³-hybridized carbons (Fsp3) is 0.417. The van der Waals surface area contributed by atoms with Gasteiger partial charge in [-0.25, -0.2) is 18.3 Å². The molecule has 0 radical (unpaired) electrons. The quantitative estimate of drug-likeness (QED) is 0.418. The maximum Gasteiger partial charge on any atom is 0.320 e. The van der Waals surface area contributed by atoms with Crippen molar-refractivity contribution in [1.82, 2.24) is 20.0 Å². The number of anilines is 1. The molecule has 0 saturated carbocycles. The standard InChI is InChI=1S/C24H31F2N5O4/c1-5-15(2)31-22(16(3)23(29-31)35-11-9-32)28-24(33)27-21-14-30(8-10-34-4)13-18(21)17-6-7-19(25)20(26)12-17/h5-7,12,18,21,32H,1-2,8-11,13-14H2,3-4H3,(H2,27,28,33)/t18-,21?/m0/s1. The Bertz CT molecular complexity index is 1070. The largest absolute Gasteiger partial charge is 0.474 e. The molecule has 1 aromatic carbocycles. The first-order valence-electron chi connectivity index (χ1n) is 11.2. The molecule has 1 unspecified atom stereocenters. The summed E-state index contributed by atoms with van der Waals surface area (Å²) >= 11 is 0. The molecule has 2 atom stereocenters. The Morgan fingerprint density at radius 1 is 1.31 bits per heavy atom. The zero-order chi connectivity index (χ0) is 25.5. The molecule has 3 N–H and O–H groups in total. The van der Waals surface area contributed by atoms with Crippen LogP contribution in [0.15, 0.2) is 37.4 Å². The lowest BCUT2D eigenvalue weighted by atomic mass is 9.94. The van der Waals surface area contributed by atoms with Gasteiger partial charge in [-0.15, -0.1) is 5.10 Å². The predicted octanol–water partition coefficient (Wildman–Crippen LogP) is 2.73. The molecule has 0 spiro atoms. The SMILES string of the molecule is C=CC(=C)n1nc(OCCO)c(C)c1NC(=O)NC1CN(CCOC)C[C@H]1c1ccc(F)c(F)c1. The van der Waals surface area contributed by atoms with E-state index in [0.717, 1.165) is 6.07 Å². The molecule has 3 rings (SSSR count). The Morgan fingerprint density at radius 3 is 2.74 bits per heavy atom. The first kappa shape index (κ1) is 26.3. The van der Waals surface area contributed by atoms with E-state index < -0.39 is 17.7 Å². The van der Waals surface area contributed by atoms with Crippen LogP contribution >= 0.6 is 0 Å². The van der Waals surface area contributed by atoms with Crippen LogP contribution in [0.2, 0.25) is 0 Å². The monoisotopic (exact) mass is 491 g/mol. The molecule has 1 aromatic heterocycles. The number of likely N-dealkylation sites (tertiary alicyclic amines) is 1. The van der Waals surface area contributed by atoms with E-state index in [1.54, 1.807) is 14.0 Å². The number of aromatic nitrogens is 2. The van der Waals surface area contributed by atoms with Crippen molar-refractivity contribution in [2.24, 2.45) is 0 Å². The van der Waals surface area contributed by atoms with Crippen molar-refractivity contribution in [3.05, 3.63) is 60.2 Å². The Labute approximate surface area is 203 Å². The van der Waals surface area contributed by atoms with E-state index in [-0.39, 0.29) is 31.1 Å². The highest BCUT2D eigenvalue weighted by Crippen LogP contribution is 2.30. The second-order valence-corrected chi connectivity index (χ2v) is 8.20. The smallest absolute Gasteiger partial charge is 0.320 e. The number of hydrogen-bond donors (Lipinski definition) is 3. The molecule has 11 heteroatoms. The minimum absolute atomic E-state index is 0.0410. The van der Waals surface area contributed by atoms with Crippen LogP contribution in [0.3, 0.4) is 0 Å². The first-order chi connectivity index (χ1) is 16.8. The topological polar surface area (TPSA) is 101 Å². The maximum atomic E-state index is 13.9. The summed E-state index contributed by atoms with van der Waals surface area (Å²) in [6.45, 7) is 11.3. The van der Waals surface area contributed by atoms with Gasteiger partial charge < -0.3 is 19.9 Å². The van der Waals surface area contributed by atoms with Crippen molar-refractivity contribution < 1.29 is 28.2 Å². The molecule has 0 aliphatic carbocycles. The van der Waals surface area contributed by atoms with Crippen LogP contribution in [0.1, 0.15) is 17.0 Å². The van der Waals surface area contributed by atoms with E-state index >= 15 is 0 Å². The van der Waals surface area contributed by atoms with Gasteiger partial charge in [0.1, 0.15) is 12.4 Å². The van der Waals surface area contributed by atoms with Crippen molar-refractivity contribution in [2.75, 3.05) is 51.9 Å². The molecular weight excluding hydrogens is 460 g/mol. The fourth-order valence-corrected chi connectivity index (χ4v) is 4.02. The summed E-state index contributed by atoms with van der Waals surface area (Å²) in [5, 5.41) is 19.1. The number of urea groups is 1. The van der Waals surface area contributed by atoms with Crippen molar-refractivity contribution in [3.8, 4) is 5.88 Å². The normalized spacial score (nSPS) is 17.9. The number of rotatable bonds is 11. The van der Waals surface area contributed by atoms with Crippen molar-refractivity contribution in [3.63, 3.8) is 0 Å². The third kappa shape index (κ3) is 6.24. The molecule has 190 valence electrons. The highest BCUT2D eigenvalue weighted by atomic mass is 19.2. The van der Waals surface area contributed by atoms with Gasteiger partial charge in [-0.1, -0.05) is 19.2 Å². The zero-order valence-corrected chi connectivity index (χ0v) is 19.9. The van der Waals surface area contributed by atoms with E-state index in [1.165, 1.54) is 22.9 Å². The summed E-state index contributed by atoms with van der Waals surface area (Å²) in [6.07, 6.45) is 1.48. The number of halogens is 2. The molecule has 35 heavy (non-hydrogen) atoms. The van der Waals surface area contributed by atoms with Gasteiger partial charge in [0, 0.05) is 32.7 Å². The predicted molar refractivity (Wildman–Crippen MR) is 128 cm³/mol. The number of ether oxygens (including phenoxy) is 2. The second-order valence-electron chi connectivity index (χ2n) is 8.20. The van der Waals surface area contributed by atoms with Crippen LogP contribution in [0.4, 0.5) is 19.4 Å². The molecule has 1 fully saturated rings. The van der Waals surface area contributed by atoms with Gasteiger partial charge in [-0.3, -0.25) is 10.2 Å². The van der Waals surface area contributed by atoms with E-state index in [9.17, 15) is 13.6 Å². The second kappa shape index (κ2) is 11.9. The molecule has 1 saturated heterocycles. The van der Waals surface area contributed by atoms with Crippen molar-refractivity contribution in [2.45, 2.75) is 18.9 Å². The van der Waals surface area contributed by atoms with Crippen LogP contribution in [0, 0.1) is 18.6 Å². The van der Waals surface area contributed by atoms with Crippen LogP contribution in [-0.4, -0.2) is 78.4 Å². The summed E-state index contributed by atoms with van der Waals surface area (Å²) < 4.78 is 39.4. The number of benzene rings is 1. The highest BCUT2D eigenvalue weighted by molar-refractivity contribution is 5.90. The molecule has 2 aromatic rings. The number of carbonyl (C=O) groups excluding carboxylic acids is 1. The molecular formula is C24H31F2N5O4. The van der Waals surface area contributed by atoms with Gasteiger partial charge in [0.05, 0.1) is 30.5 Å². The molecule has 2 heterocycles. The summed E-state index contributed by atoms with van der Waals surface area (Å²) in [4.78, 5) is 15.1. The molecule has 0 bridgehead atoms. The van der Waals surface area contributed by atoms with Crippen LogP contribution in [0.25, 0.3) is 5.70 Å². The molecule has 9 nitrogen and oxygen atoms in total. The maximum absolute atomic E-state index is 13.9. The summed E-state index contributed by atoms with van der Waals surface area (Å²) in [7, 11) is 1.60. The van der Waals surface area contributed by atoms with E-state index in [2.05, 4.69) is 33.8 Å². The van der Waals surface area contributed by atoms with E-state index in [0.29, 0.717) is 48.9 Å². The number of allylic oxidation sites excluding steroid dienone is 2. The van der Waals surface area contributed by atoms with Crippen molar-refractivity contribution in [1.29, 1.82) is 0 Å². The van der Waals surface area contributed by atoms with Gasteiger partial charge in [0.25, 0.3) is 0 Å². The third-order valence-corrected chi connectivity index (χ3v) is 5.84. The number of nitrogens with one attached hydrogen (secondary N) is 2. The highest BCUT2D eigenvalue weighted by Gasteiger charge is 2.35. The number of nitrogens with zero attached hydrogens (tertiary/aromatic N) is 3. The average Bonchev–Trinajstić information content (AvgIpc) is 3.38. The Balaban J connectivity index is 1.81. The minimum Gasteiger partial charge on any atom is -0.474 e. The van der Waals surface area contributed by atoms with E-state index in [1.807, 2.05) is 0 Å². The molecule has 1 aliphatic heterocycles. The number of amides is 2. The van der Waals surface area contributed by atoms with Crippen LogP contribution in [-0.2, 0) is 4.74 Å². The number of carbonyl (C=O) groups is 1. The lowest BCUT2D eigenvalue weighted by Crippen LogP contribution is -2.42. The average molecular weight is 492 g/mol. The lowest BCUT2D eigenvalue weighted by Gasteiger charge is -2.21. The summed E-state index contributed by atoms with van der Waals surface area (Å²) in [6, 6.07) is 2.92. The van der Waals surface area contributed by atoms with Gasteiger partial charge in [0.15, 0.2) is 11.6 Å².